The highest BCUT2D eigenvalue weighted by Gasteiger charge is 2.28. The van der Waals surface area contributed by atoms with Crippen LogP contribution in [0.3, 0.4) is 0 Å². The third-order valence-electron chi connectivity index (χ3n) is 5.75. The van der Waals surface area contributed by atoms with Gasteiger partial charge in [-0.15, -0.1) is 0 Å². The van der Waals surface area contributed by atoms with Gasteiger partial charge in [-0.3, -0.25) is 4.79 Å². The van der Waals surface area contributed by atoms with Crippen LogP contribution in [0.5, 0.6) is 0 Å². The van der Waals surface area contributed by atoms with Gasteiger partial charge in [-0.1, -0.05) is 79.6 Å². The lowest BCUT2D eigenvalue weighted by Gasteiger charge is -2.25. The molecule has 0 unspecified atom stereocenters. The van der Waals surface area contributed by atoms with Gasteiger partial charge < -0.3 is 5.32 Å². The van der Waals surface area contributed by atoms with Crippen LogP contribution in [0.15, 0.2) is 53.4 Å². The first kappa shape index (κ1) is 23.8. The molecule has 3 rings (SSSR count). The Morgan fingerprint density at radius 1 is 1.00 bits per heavy atom. The van der Waals surface area contributed by atoms with E-state index in [-0.39, 0.29) is 29.9 Å². The summed E-state index contributed by atoms with van der Waals surface area (Å²) in [6.45, 7) is 1.70. The Kier molecular flexibility index (Phi) is 8.52. The van der Waals surface area contributed by atoms with E-state index in [1.54, 1.807) is 42.5 Å². The highest BCUT2D eigenvalue weighted by atomic mass is 35.5. The molecule has 5 nitrogen and oxygen atoms in total. The molecule has 2 aromatic carbocycles. The Balaban J connectivity index is 1.80. The average molecular weight is 463 g/mol. The number of nitrogens with one attached hydrogen (secondary N) is 1. The number of hydrogen-bond donors (Lipinski definition) is 1. The number of hydrogen-bond acceptors (Lipinski definition) is 3. The maximum atomic E-state index is 13.4. The number of rotatable bonds is 7. The molecule has 1 amide bonds. The summed E-state index contributed by atoms with van der Waals surface area (Å²) in [5.41, 5.74) is 1.64. The minimum Gasteiger partial charge on any atom is -0.352 e. The van der Waals surface area contributed by atoms with Crippen LogP contribution in [-0.2, 0) is 21.4 Å². The first-order valence-electron chi connectivity index (χ1n) is 11.0. The van der Waals surface area contributed by atoms with Crippen LogP contribution in [0.25, 0.3) is 0 Å². The molecular formula is C24H31ClN2O3S. The maximum absolute atomic E-state index is 13.4. The highest BCUT2D eigenvalue weighted by Crippen LogP contribution is 2.23. The van der Waals surface area contributed by atoms with Crippen LogP contribution >= 0.6 is 11.6 Å². The van der Waals surface area contributed by atoms with Gasteiger partial charge in [0.2, 0.25) is 15.9 Å². The van der Waals surface area contributed by atoms with Crippen molar-refractivity contribution in [2.24, 2.45) is 0 Å². The van der Waals surface area contributed by atoms with E-state index in [2.05, 4.69) is 5.32 Å². The smallest absolute Gasteiger partial charge is 0.243 e. The molecule has 1 N–H and O–H groups in total. The van der Waals surface area contributed by atoms with E-state index in [0.717, 1.165) is 31.2 Å². The summed E-state index contributed by atoms with van der Waals surface area (Å²) in [5, 5.41) is 3.55. The number of carbonyl (C=O) groups is 1. The number of carbonyl (C=O) groups excluding carboxylic acids is 1. The van der Waals surface area contributed by atoms with Crippen molar-refractivity contribution in [1.82, 2.24) is 9.62 Å². The number of amides is 1. The molecule has 31 heavy (non-hydrogen) atoms. The topological polar surface area (TPSA) is 66.5 Å². The number of aryl methyl sites for hydroxylation is 1. The minimum absolute atomic E-state index is 0.0357. The van der Waals surface area contributed by atoms with Crippen LogP contribution < -0.4 is 5.32 Å². The second-order valence-corrected chi connectivity index (χ2v) is 10.6. The molecule has 0 aliphatic heterocycles. The molecule has 0 heterocycles. The molecule has 7 heteroatoms. The van der Waals surface area contributed by atoms with Gasteiger partial charge in [-0.25, -0.2) is 8.42 Å². The number of sulfonamides is 1. The SMILES string of the molecule is Cc1ccc(S(=O)(=O)N(CC(=O)NC2CCCCCCC2)Cc2ccccc2Cl)cc1. The van der Waals surface area contributed by atoms with Gasteiger partial charge in [-0.2, -0.15) is 4.31 Å². The van der Waals surface area contributed by atoms with Crippen LogP contribution in [-0.4, -0.2) is 31.2 Å². The number of halogens is 1. The molecule has 1 saturated carbocycles. The molecule has 0 saturated heterocycles. The molecule has 1 aliphatic rings. The van der Waals surface area contributed by atoms with E-state index >= 15 is 0 Å². The zero-order valence-electron chi connectivity index (χ0n) is 18.0. The highest BCUT2D eigenvalue weighted by molar-refractivity contribution is 7.89. The lowest BCUT2D eigenvalue weighted by molar-refractivity contribution is -0.122. The van der Waals surface area contributed by atoms with Crippen LogP contribution in [0.1, 0.15) is 56.1 Å². The van der Waals surface area contributed by atoms with E-state index in [1.165, 1.54) is 23.6 Å². The second-order valence-electron chi connectivity index (χ2n) is 8.29. The van der Waals surface area contributed by atoms with Crippen LogP contribution in [0, 0.1) is 6.92 Å². The molecule has 168 valence electrons. The van der Waals surface area contributed by atoms with Gasteiger partial charge >= 0.3 is 0 Å². The molecule has 0 aromatic heterocycles. The number of nitrogens with zero attached hydrogens (tertiary/aromatic N) is 1. The number of benzene rings is 2. The molecule has 0 radical (unpaired) electrons. The largest absolute Gasteiger partial charge is 0.352 e. The average Bonchev–Trinajstić information content (AvgIpc) is 2.71. The third kappa shape index (κ3) is 6.79. The summed E-state index contributed by atoms with van der Waals surface area (Å²) in [5.74, 6) is -0.270. The normalized spacial score (nSPS) is 16.0. The quantitative estimate of drug-likeness (QED) is 0.624. The molecule has 1 aliphatic carbocycles. The van der Waals surface area contributed by atoms with Crippen molar-refractivity contribution in [1.29, 1.82) is 0 Å². The van der Waals surface area contributed by atoms with Gasteiger partial charge in [-0.05, 0) is 43.5 Å². The lowest BCUT2D eigenvalue weighted by Crippen LogP contribution is -2.44. The molecule has 0 atom stereocenters. The summed E-state index contributed by atoms with van der Waals surface area (Å²) >= 11 is 6.29. The van der Waals surface area contributed by atoms with E-state index in [1.807, 2.05) is 13.0 Å². The fourth-order valence-corrected chi connectivity index (χ4v) is 5.51. The molecular weight excluding hydrogens is 432 g/mol. The fourth-order valence-electron chi connectivity index (χ4n) is 3.94. The Hall–Kier alpha value is -1.89. The summed E-state index contributed by atoms with van der Waals surface area (Å²) in [6.07, 6.45) is 7.70. The Bertz CT molecular complexity index is 969. The first-order valence-corrected chi connectivity index (χ1v) is 12.8. The molecule has 0 spiro atoms. The zero-order valence-corrected chi connectivity index (χ0v) is 19.6. The summed E-state index contributed by atoms with van der Waals surface area (Å²) in [4.78, 5) is 13.0. The lowest BCUT2D eigenvalue weighted by atomic mass is 9.97. The van der Waals surface area contributed by atoms with Gasteiger partial charge in [0, 0.05) is 17.6 Å². The Morgan fingerprint density at radius 2 is 1.61 bits per heavy atom. The van der Waals surface area contributed by atoms with Gasteiger partial charge in [0.15, 0.2) is 0 Å². The standard InChI is InChI=1S/C24H31ClN2O3S/c1-19-13-15-22(16-14-19)31(29,30)27(17-20-9-7-8-12-23(20)25)18-24(28)26-21-10-5-3-2-4-6-11-21/h7-9,12-16,21H,2-6,10-11,17-18H2,1H3,(H,26,28). The van der Waals surface area contributed by atoms with Crippen molar-refractivity contribution in [3.05, 3.63) is 64.7 Å². The minimum atomic E-state index is -3.87. The first-order chi connectivity index (χ1) is 14.9. The molecule has 0 bridgehead atoms. The molecule has 2 aromatic rings. The maximum Gasteiger partial charge on any atom is 0.243 e. The summed E-state index contributed by atoms with van der Waals surface area (Å²) in [6, 6.07) is 13.9. The van der Waals surface area contributed by atoms with Gasteiger partial charge in [0.1, 0.15) is 0 Å². The van der Waals surface area contributed by atoms with Gasteiger partial charge in [0.25, 0.3) is 0 Å². The third-order valence-corrected chi connectivity index (χ3v) is 7.93. The van der Waals surface area contributed by atoms with Crippen molar-refractivity contribution in [2.45, 2.75) is 69.4 Å². The van der Waals surface area contributed by atoms with E-state index < -0.39 is 10.0 Å². The monoisotopic (exact) mass is 462 g/mol. The fraction of sp³-hybridized carbons (Fsp3) is 0.458. The predicted octanol–water partition coefficient (Wildman–Crippen LogP) is 5.07. The van der Waals surface area contributed by atoms with Crippen molar-refractivity contribution in [3.63, 3.8) is 0 Å². The molecule has 1 fully saturated rings. The van der Waals surface area contributed by atoms with Crippen molar-refractivity contribution >= 4 is 27.5 Å². The van der Waals surface area contributed by atoms with E-state index in [9.17, 15) is 13.2 Å². The summed E-state index contributed by atoms with van der Waals surface area (Å²) in [7, 11) is -3.87. The van der Waals surface area contributed by atoms with Crippen LogP contribution in [0.2, 0.25) is 5.02 Å². The predicted molar refractivity (Wildman–Crippen MR) is 124 cm³/mol. The van der Waals surface area contributed by atoms with Crippen molar-refractivity contribution in [2.75, 3.05) is 6.54 Å². The van der Waals surface area contributed by atoms with Gasteiger partial charge in [0.05, 0.1) is 11.4 Å². The second kappa shape index (κ2) is 11.1. The Morgan fingerprint density at radius 3 is 2.26 bits per heavy atom. The summed E-state index contributed by atoms with van der Waals surface area (Å²) < 4.78 is 28.0. The van der Waals surface area contributed by atoms with E-state index in [4.69, 9.17) is 11.6 Å². The Labute approximate surface area is 190 Å². The van der Waals surface area contributed by atoms with Crippen LogP contribution in [0.4, 0.5) is 0 Å². The zero-order chi connectivity index (χ0) is 22.3. The van der Waals surface area contributed by atoms with E-state index in [0.29, 0.717) is 10.6 Å². The van der Waals surface area contributed by atoms with Crippen molar-refractivity contribution < 1.29 is 13.2 Å². The van der Waals surface area contributed by atoms with Crippen molar-refractivity contribution in [3.8, 4) is 0 Å².